The largest absolute Gasteiger partial charge is 0.478 e. The van der Waals surface area contributed by atoms with E-state index in [1.54, 1.807) is 22.7 Å². The van der Waals surface area contributed by atoms with E-state index in [0.717, 1.165) is 37.7 Å². The van der Waals surface area contributed by atoms with Gasteiger partial charge in [0.15, 0.2) is 11.5 Å². The van der Waals surface area contributed by atoms with Crippen LogP contribution in [0, 0.1) is 0 Å². The fraction of sp³-hybridized carbons (Fsp3) is 0.333. The van der Waals surface area contributed by atoms with Crippen LogP contribution >= 0.6 is 0 Å². The van der Waals surface area contributed by atoms with Crippen molar-refractivity contribution in [3.8, 4) is 0 Å². The molecule has 8 nitrogen and oxygen atoms in total. The van der Waals surface area contributed by atoms with Crippen LogP contribution in [0.3, 0.4) is 0 Å². The molecule has 0 unspecified atom stereocenters. The first-order valence-corrected chi connectivity index (χ1v) is 8.52. The minimum absolute atomic E-state index is 0.0338. The molecule has 1 aliphatic heterocycles. The Balaban J connectivity index is 1.62. The van der Waals surface area contributed by atoms with Gasteiger partial charge < -0.3 is 5.11 Å². The minimum Gasteiger partial charge on any atom is -0.478 e. The predicted molar refractivity (Wildman–Crippen MR) is 94.8 cm³/mol. The van der Waals surface area contributed by atoms with E-state index >= 15 is 0 Å². The highest BCUT2D eigenvalue weighted by atomic mass is 16.4. The van der Waals surface area contributed by atoms with Crippen molar-refractivity contribution in [2.24, 2.45) is 0 Å². The van der Waals surface area contributed by atoms with Gasteiger partial charge in [0.25, 0.3) is 0 Å². The number of piperazine rings is 1. The van der Waals surface area contributed by atoms with E-state index < -0.39 is 5.97 Å². The average Bonchev–Trinajstić information content (AvgIpc) is 3.07. The van der Waals surface area contributed by atoms with Crippen molar-refractivity contribution in [2.75, 3.05) is 26.7 Å². The van der Waals surface area contributed by atoms with Crippen LogP contribution in [0.5, 0.6) is 0 Å². The second-order valence-corrected chi connectivity index (χ2v) is 6.56. The van der Waals surface area contributed by atoms with Gasteiger partial charge in [-0.15, -0.1) is 10.2 Å². The first-order valence-electron chi connectivity index (χ1n) is 8.52. The molecule has 0 aliphatic carbocycles. The van der Waals surface area contributed by atoms with E-state index in [-0.39, 0.29) is 11.6 Å². The number of aromatic carboxylic acids is 1. The molecule has 1 saturated heterocycles. The number of aromatic nitrogens is 4. The summed E-state index contributed by atoms with van der Waals surface area (Å²) in [6, 6.07) is 9.21. The smallest absolute Gasteiger partial charge is 0.337 e. The Kier molecular flexibility index (Phi) is 4.36. The quantitative estimate of drug-likeness (QED) is 0.757. The number of hydrogen-bond donors (Lipinski definition) is 1. The lowest BCUT2D eigenvalue weighted by molar-refractivity contribution is 0.0696. The topological polar surface area (TPSA) is 86.9 Å². The molecule has 0 radical (unpaired) electrons. The third kappa shape index (κ3) is 3.16. The second-order valence-electron chi connectivity index (χ2n) is 6.56. The Bertz CT molecular complexity index is 926. The number of rotatable bonds is 4. The maximum atomic E-state index is 11.3. The molecule has 26 heavy (non-hydrogen) atoms. The number of pyridine rings is 2. The van der Waals surface area contributed by atoms with E-state index in [2.05, 4.69) is 32.0 Å². The number of nitrogens with zero attached hydrogens (tertiary/aromatic N) is 6. The molecule has 0 bridgehead atoms. The molecule has 0 aromatic carbocycles. The molecule has 1 atom stereocenters. The van der Waals surface area contributed by atoms with Crippen molar-refractivity contribution in [3.63, 3.8) is 0 Å². The highest BCUT2D eigenvalue weighted by Crippen LogP contribution is 2.24. The summed E-state index contributed by atoms with van der Waals surface area (Å²) in [5.74, 6) is -0.198. The summed E-state index contributed by atoms with van der Waals surface area (Å²) in [5, 5.41) is 17.8. The Morgan fingerprint density at radius 3 is 2.88 bits per heavy atom. The summed E-state index contributed by atoms with van der Waals surface area (Å²) in [4.78, 5) is 20.3. The van der Waals surface area contributed by atoms with Gasteiger partial charge in [-0.3, -0.25) is 19.2 Å². The number of carboxylic acid groups (broad SMARTS) is 1. The van der Waals surface area contributed by atoms with Crippen molar-refractivity contribution in [1.82, 2.24) is 29.4 Å². The summed E-state index contributed by atoms with van der Waals surface area (Å²) >= 11 is 0. The Labute approximate surface area is 150 Å². The maximum Gasteiger partial charge on any atom is 0.337 e. The van der Waals surface area contributed by atoms with Gasteiger partial charge >= 0.3 is 5.97 Å². The van der Waals surface area contributed by atoms with Crippen molar-refractivity contribution in [3.05, 3.63) is 59.8 Å². The molecule has 1 aliphatic rings. The van der Waals surface area contributed by atoms with Crippen molar-refractivity contribution in [2.45, 2.75) is 12.6 Å². The fourth-order valence-electron chi connectivity index (χ4n) is 3.34. The summed E-state index contributed by atoms with van der Waals surface area (Å²) in [6.07, 6.45) is 3.40. The van der Waals surface area contributed by atoms with Crippen LogP contribution < -0.4 is 0 Å². The molecule has 4 heterocycles. The summed E-state index contributed by atoms with van der Waals surface area (Å²) in [7, 11) is 2.06. The van der Waals surface area contributed by atoms with Crippen LogP contribution in [-0.2, 0) is 6.54 Å². The molecule has 8 heteroatoms. The molecule has 3 aromatic rings. The first kappa shape index (κ1) is 16.6. The molecule has 1 N–H and O–H groups in total. The Hall–Kier alpha value is -2.84. The zero-order valence-corrected chi connectivity index (χ0v) is 14.5. The van der Waals surface area contributed by atoms with Gasteiger partial charge in [-0.2, -0.15) is 0 Å². The van der Waals surface area contributed by atoms with Crippen molar-refractivity contribution < 1.29 is 9.90 Å². The standard InChI is InChI=1S/C18H20N6O2/c1-22-8-9-23(11-14-4-2-3-7-19-14)12-15(22)17-21-20-16-6-5-13(18(25)26)10-24(16)17/h2-7,10,15H,8-9,11-12H2,1H3,(H,25,26)/t15-/m1/s1. The van der Waals surface area contributed by atoms with E-state index in [9.17, 15) is 9.90 Å². The number of carboxylic acids is 1. The van der Waals surface area contributed by atoms with E-state index in [1.165, 1.54) is 0 Å². The molecule has 0 amide bonds. The highest BCUT2D eigenvalue weighted by molar-refractivity contribution is 5.87. The molecule has 134 valence electrons. The fourth-order valence-corrected chi connectivity index (χ4v) is 3.34. The lowest BCUT2D eigenvalue weighted by Crippen LogP contribution is -2.46. The molecule has 0 spiro atoms. The number of likely N-dealkylation sites (N-methyl/N-ethyl adjacent to an activating group) is 1. The number of carbonyl (C=O) groups is 1. The van der Waals surface area contributed by atoms with Crippen LogP contribution in [0.2, 0.25) is 0 Å². The van der Waals surface area contributed by atoms with Crippen LogP contribution in [0.25, 0.3) is 5.65 Å². The van der Waals surface area contributed by atoms with E-state index in [0.29, 0.717) is 5.65 Å². The Morgan fingerprint density at radius 2 is 2.12 bits per heavy atom. The van der Waals surface area contributed by atoms with Gasteiger partial charge in [0.1, 0.15) is 0 Å². The lowest BCUT2D eigenvalue weighted by atomic mass is 10.1. The average molecular weight is 352 g/mol. The molecule has 3 aromatic heterocycles. The molecular formula is C18H20N6O2. The third-order valence-electron chi connectivity index (χ3n) is 4.82. The maximum absolute atomic E-state index is 11.3. The van der Waals surface area contributed by atoms with Crippen LogP contribution in [-0.4, -0.2) is 67.1 Å². The van der Waals surface area contributed by atoms with Gasteiger partial charge in [0, 0.05) is 38.6 Å². The van der Waals surface area contributed by atoms with Crippen molar-refractivity contribution >= 4 is 11.6 Å². The van der Waals surface area contributed by atoms with Crippen molar-refractivity contribution in [1.29, 1.82) is 0 Å². The zero-order chi connectivity index (χ0) is 18.1. The van der Waals surface area contributed by atoms with Gasteiger partial charge in [0.05, 0.1) is 17.3 Å². The molecular weight excluding hydrogens is 332 g/mol. The normalized spacial score (nSPS) is 19.0. The van der Waals surface area contributed by atoms with Gasteiger partial charge in [-0.1, -0.05) is 6.07 Å². The van der Waals surface area contributed by atoms with Gasteiger partial charge in [-0.25, -0.2) is 4.79 Å². The molecule has 1 fully saturated rings. The van der Waals surface area contributed by atoms with E-state index in [1.807, 2.05) is 24.4 Å². The molecule has 0 saturated carbocycles. The summed E-state index contributed by atoms with van der Waals surface area (Å²) in [5.41, 5.74) is 1.91. The van der Waals surface area contributed by atoms with Crippen LogP contribution in [0.4, 0.5) is 0 Å². The third-order valence-corrected chi connectivity index (χ3v) is 4.82. The monoisotopic (exact) mass is 352 g/mol. The van der Waals surface area contributed by atoms with E-state index in [4.69, 9.17) is 0 Å². The summed E-state index contributed by atoms with van der Waals surface area (Å²) in [6.45, 7) is 3.40. The first-order chi connectivity index (χ1) is 12.6. The Morgan fingerprint density at radius 1 is 1.23 bits per heavy atom. The SMILES string of the molecule is CN1CCN(Cc2ccccn2)C[C@@H]1c1nnc2ccc(C(=O)O)cn12. The van der Waals surface area contributed by atoms with Crippen LogP contribution in [0.15, 0.2) is 42.7 Å². The lowest BCUT2D eigenvalue weighted by Gasteiger charge is -2.38. The second kappa shape index (κ2) is 6.81. The predicted octanol–water partition coefficient (Wildman–Crippen LogP) is 1.31. The highest BCUT2D eigenvalue weighted by Gasteiger charge is 2.29. The minimum atomic E-state index is -0.958. The number of fused-ring (bicyclic) bond motifs is 1. The molecule has 4 rings (SSSR count). The van der Waals surface area contributed by atoms with Crippen LogP contribution in [0.1, 0.15) is 27.9 Å². The van der Waals surface area contributed by atoms with Gasteiger partial charge in [-0.05, 0) is 31.3 Å². The zero-order valence-electron chi connectivity index (χ0n) is 14.5. The number of hydrogen-bond acceptors (Lipinski definition) is 6. The van der Waals surface area contributed by atoms with Gasteiger partial charge in [0.2, 0.25) is 0 Å². The summed E-state index contributed by atoms with van der Waals surface area (Å²) < 4.78 is 1.79.